The monoisotopic (exact) mass is 363 g/mol. The molecule has 7 nitrogen and oxygen atoms in total. The lowest BCUT2D eigenvalue weighted by atomic mass is 9.86. The van der Waals surface area contributed by atoms with E-state index < -0.39 is 18.1 Å². The Morgan fingerprint density at radius 3 is 2.54 bits per heavy atom. The van der Waals surface area contributed by atoms with E-state index in [9.17, 15) is 14.7 Å². The first-order valence-electron chi connectivity index (χ1n) is 8.88. The molecule has 2 fully saturated rings. The first-order chi connectivity index (χ1) is 12.5. The van der Waals surface area contributed by atoms with Crippen molar-refractivity contribution >= 4 is 11.9 Å². The highest BCUT2D eigenvalue weighted by molar-refractivity contribution is 5.98. The first kappa shape index (κ1) is 18.7. The molecule has 3 rings (SSSR count). The molecule has 0 unspecified atom stereocenters. The van der Waals surface area contributed by atoms with Gasteiger partial charge in [-0.1, -0.05) is 6.42 Å². The van der Waals surface area contributed by atoms with Crippen LogP contribution in [0.2, 0.25) is 0 Å². The van der Waals surface area contributed by atoms with E-state index in [2.05, 4.69) is 0 Å². The van der Waals surface area contributed by atoms with Crippen LogP contribution < -0.4 is 4.74 Å². The molecule has 0 spiro atoms. The van der Waals surface area contributed by atoms with Crippen LogP contribution >= 0.6 is 0 Å². The number of rotatable bonds is 6. The van der Waals surface area contributed by atoms with Gasteiger partial charge in [-0.05, 0) is 37.0 Å². The van der Waals surface area contributed by atoms with Gasteiger partial charge >= 0.3 is 5.97 Å². The summed E-state index contributed by atoms with van der Waals surface area (Å²) in [6.45, 7) is 1.06. The van der Waals surface area contributed by atoms with Crippen molar-refractivity contribution in [1.82, 2.24) is 4.90 Å². The van der Waals surface area contributed by atoms with Gasteiger partial charge < -0.3 is 24.2 Å². The molecule has 1 aromatic carbocycles. The lowest BCUT2D eigenvalue weighted by Gasteiger charge is -2.27. The number of benzene rings is 1. The number of likely N-dealkylation sites (N-methyl/N-ethyl adjacent to an activating group) is 1. The van der Waals surface area contributed by atoms with Crippen molar-refractivity contribution in [3.8, 4) is 5.75 Å². The molecule has 1 aromatic rings. The molecule has 0 bridgehead atoms. The summed E-state index contributed by atoms with van der Waals surface area (Å²) in [5, 5.41) is 9.95. The first-order valence-corrected chi connectivity index (χ1v) is 8.88. The second kappa shape index (κ2) is 8.05. The summed E-state index contributed by atoms with van der Waals surface area (Å²) < 4.78 is 15.8. The van der Waals surface area contributed by atoms with Gasteiger partial charge in [0.2, 0.25) is 0 Å². The Morgan fingerprint density at radius 1 is 1.23 bits per heavy atom. The van der Waals surface area contributed by atoms with E-state index in [0.29, 0.717) is 23.8 Å². The molecule has 7 heteroatoms. The molecule has 1 aliphatic heterocycles. The molecular formula is C19H25NO6. The van der Waals surface area contributed by atoms with Crippen molar-refractivity contribution in [2.24, 2.45) is 5.92 Å². The number of hydrogen-bond donors (Lipinski definition) is 1. The lowest BCUT2D eigenvalue weighted by molar-refractivity contribution is 0.0579. The van der Waals surface area contributed by atoms with Crippen molar-refractivity contribution in [2.75, 3.05) is 34.0 Å². The van der Waals surface area contributed by atoms with Crippen molar-refractivity contribution < 1.29 is 28.9 Å². The van der Waals surface area contributed by atoms with Crippen LogP contribution in [-0.4, -0.2) is 68.0 Å². The van der Waals surface area contributed by atoms with Gasteiger partial charge in [-0.25, -0.2) is 4.79 Å². The fourth-order valence-corrected chi connectivity index (χ4v) is 3.17. The van der Waals surface area contributed by atoms with Crippen molar-refractivity contribution in [2.45, 2.75) is 31.4 Å². The molecule has 0 aromatic heterocycles. The van der Waals surface area contributed by atoms with Crippen molar-refractivity contribution in [3.05, 3.63) is 29.3 Å². The average molecular weight is 363 g/mol. The number of ether oxygens (including phenoxy) is 3. The Balaban J connectivity index is 1.81. The van der Waals surface area contributed by atoms with Crippen LogP contribution in [0.1, 0.15) is 40.0 Å². The molecule has 2 aliphatic rings. The second-order valence-electron chi connectivity index (χ2n) is 6.93. The van der Waals surface area contributed by atoms with Crippen LogP contribution in [0.4, 0.5) is 0 Å². The topological polar surface area (TPSA) is 85.3 Å². The summed E-state index contributed by atoms with van der Waals surface area (Å²) in [7, 11) is 2.91. The van der Waals surface area contributed by atoms with Gasteiger partial charge in [0, 0.05) is 12.6 Å². The third kappa shape index (κ3) is 3.99. The van der Waals surface area contributed by atoms with E-state index in [1.54, 1.807) is 19.2 Å². The SMILES string of the molecule is COC(=O)c1cc(OCC2CCC2)cc(C(=O)N(C)[C@H]2COC[C@@H]2O)c1. The molecule has 142 valence electrons. The van der Waals surface area contributed by atoms with Crippen molar-refractivity contribution in [1.29, 1.82) is 0 Å². The van der Waals surface area contributed by atoms with Crippen molar-refractivity contribution in [3.63, 3.8) is 0 Å². The summed E-state index contributed by atoms with van der Waals surface area (Å²) >= 11 is 0. The van der Waals surface area contributed by atoms with Crippen LogP contribution in [0.3, 0.4) is 0 Å². The fourth-order valence-electron chi connectivity index (χ4n) is 3.17. The van der Waals surface area contributed by atoms with E-state index >= 15 is 0 Å². The molecular weight excluding hydrogens is 338 g/mol. The van der Waals surface area contributed by atoms with Gasteiger partial charge in [0.05, 0.1) is 44.6 Å². The van der Waals surface area contributed by atoms with Crippen LogP contribution in [0, 0.1) is 5.92 Å². The number of nitrogens with zero attached hydrogens (tertiary/aromatic N) is 1. The van der Waals surface area contributed by atoms with E-state index in [4.69, 9.17) is 14.2 Å². The zero-order valence-electron chi connectivity index (χ0n) is 15.1. The number of aliphatic hydroxyl groups excluding tert-OH is 1. The third-order valence-electron chi connectivity index (χ3n) is 5.12. The van der Waals surface area contributed by atoms with Gasteiger partial charge in [0.15, 0.2) is 0 Å². The second-order valence-corrected chi connectivity index (χ2v) is 6.93. The molecule has 1 saturated heterocycles. The molecule has 1 saturated carbocycles. The average Bonchev–Trinajstić information content (AvgIpc) is 3.04. The molecule has 1 N–H and O–H groups in total. The van der Waals surface area contributed by atoms with Gasteiger partial charge in [0.25, 0.3) is 5.91 Å². The number of carbonyl (C=O) groups is 2. The Hall–Kier alpha value is -2.12. The highest BCUT2D eigenvalue weighted by atomic mass is 16.5. The molecule has 2 atom stereocenters. The maximum absolute atomic E-state index is 12.8. The van der Waals surface area contributed by atoms with Crippen LogP contribution in [-0.2, 0) is 9.47 Å². The summed E-state index contributed by atoms with van der Waals surface area (Å²) in [5.41, 5.74) is 0.580. The van der Waals surface area contributed by atoms with Gasteiger partial charge in [-0.2, -0.15) is 0 Å². The maximum Gasteiger partial charge on any atom is 0.338 e. The van der Waals surface area contributed by atoms with Crippen LogP contribution in [0.5, 0.6) is 5.75 Å². The van der Waals surface area contributed by atoms with Crippen LogP contribution in [0.25, 0.3) is 0 Å². The summed E-state index contributed by atoms with van der Waals surface area (Å²) in [5.74, 6) is 0.169. The quantitative estimate of drug-likeness (QED) is 0.771. The Morgan fingerprint density at radius 2 is 1.96 bits per heavy atom. The van der Waals surface area contributed by atoms with Crippen LogP contribution in [0.15, 0.2) is 18.2 Å². The molecule has 26 heavy (non-hydrogen) atoms. The number of esters is 1. The number of hydrogen-bond acceptors (Lipinski definition) is 6. The van der Waals surface area contributed by atoms with Gasteiger partial charge in [-0.15, -0.1) is 0 Å². The zero-order chi connectivity index (χ0) is 18.7. The molecule has 1 aliphatic carbocycles. The number of methoxy groups -OCH3 is 1. The molecule has 0 radical (unpaired) electrons. The molecule has 1 heterocycles. The zero-order valence-corrected chi connectivity index (χ0v) is 15.1. The van der Waals surface area contributed by atoms with E-state index in [0.717, 1.165) is 12.8 Å². The minimum atomic E-state index is -0.720. The predicted octanol–water partition coefficient (Wildman–Crippen LogP) is 1.48. The largest absolute Gasteiger partial charge is 0.493 e. The minimum Gasteiger partial charge on any atom is -0.493 e. The smallest absolute Gasteiger partial charge is 0.338 e. The number of amides is 1. The Bertz CT molecular complexity index is 672. The fraction of sp³-hybridized carbons (Fsp3) is 0.579. The summed E-state index contributed by atoms with van der Waals surface area (Å²) in [6.07, 6.45) is 2.79. The maximum atomic E-state index is 12.8. The number of aliphatic hydroxyl groups is 1. The Kier molecular flexibility index (Phi) is 5.78. The third-order valence-corrected chi connectivity index (χ3v) is 5.12. The van der Waals surface area contributed by atoms with E-state index in [1.165, 1.54) is 24.5 Å². The lowest BCUT2D eigenvalue weighted by Crippen LogP contribution is -2.44. The normalized spacial score (nSPS) is 22.6. The van der Waals surface area contributed by atoms with Gasteiger partial charge in [0.1, 0.15) is 5.75 Å². The standard InChI is InChI=1S/C19H25NO6/c1-20(16-10-25-11-17(16)21)18(22)13-6-14(19(23)24-2)8-15(7-13)26-9-12-4-3-5-12/h6-8,12,16-17,21H,3-5,9-11H2,1-2H3/t16-,17-/m0/s1. The van der Waals surface area contributed by atoms with E-state index in [-0.39, 0.29) is 24.7 Å². The summed E-state index contributed by atoms with van der Waals surface area (Å²) in [6, 6.07) is 4.30. The van der Waals surface area contributed by atoms with Gasteiger partial charge in [-0.3, -0.25) is 4.79 Å². The molecule has 1 amide bonds. The highest BCUT2D eigenvalue weighted by Gasteiger charge is 2.33. The summed E-state index contributed by atoms with van der Waals surface area (Å²) in [4.78, 5) is 26.3. The Labute approximate surface area is 152 Å². The predicted molar refractivity (Wildman–Crippen MR) is 93.3 cm³/mol. The minimum absolute atomic E-state index is 0.209. The van der Waals surface area contributed by atoms with E-state index in [1.807, 2.05) is 0 Å². The highest BCUT2D eigenvalue weighted by Crippen LogP contribution is 2.28. The number of carbonyl (C=O) groups excluding carboxylic acids is 2.